The van der Waals surface area contributed by atoms with Crippen molar-refractivity contribution < 1.29 is 13.2 Å². The first-order valence-electron chi connectivity index (χ1n) is 6.11. The molecule has 0 atom stereocenters. The summed E-state index contributed by atoms with van der Waals surface area (Å²) in [6, 6.07) is 0.912. The molecule has 0 fully saturated rings. The van der Waals surface area contributed by atoms with Crippen molar-refractivity contribution in [3.63, 3.8) is 0 Å². The van der Waals surface area contributed by atoms with Crippen molar-refractivity contribution >= 4 is 5.95 Å². The van der Waals surface area contributed by atoms with Gasteiger partial charge in [-0.2, -0.15) is 13.2 Å². The van der Waals surface area contributed by atoms with Gasteiger partial charge < -0.3 is 9.88 Å². The number of halogens is 3. The molecular formula is C12H14F3N5. The van der Waals surface area contributed by atoms with E-state index in [4.69, 9.17) is 0 Å². The van der Waals surface area contributed by atoms with Crippen molar-refractivity contribution in [2.75, 3.05) is 12.4 Å². The third-order valence-corrected chi connectivity index (χ3v) is 2.65. The molecule has 5 nitrogen and oxygen atoms in total. The van der Waals surface area contributed by atoms with Gasteiger partial charge in [-0.25, -0.2) is 15.0 Å². The van der Waals surface area contributed by atoms with Crippen LogP contribution in [-0.2, 0) is 12.7 Å². The SMILES string of the molecule is CCCn1ccnc1-c1cc(C(F)(F)F)nc(NC)n1. The number of hydrogen-bond donors (Lipinski definition) is 1. The molecule has 0 aromatic carbocycles. The summed E-state index contributed by atoms with van der Waals surface area (Å²) in [6.07, 6.45) is -0.419. The second-order valence-corrected chi connectivity index (χ2v) is 4.15. The van der Waals surface area contributed by atoms with Gasteiger partial charge in [-0.05, 0) is 12.5 Å². The highest BCUT2D eigenvalue weighted by Crippen LogP contribution is 2.30. The molecule has 8 heteroatoms. The lowest BCUT2D eigenvalue weighted by Gasteiger charge is -2.11. The molecular weight excluding hydrogens is 271 g/mol. The van der Waals surface area contributed by atoms with E-state index in [0.29, 0.717) is 12.4 Å². The summed E-state index contributed by atoms with van der Waals surface area (Å²) in [6.45, 7) is 2.64. The first-order chi connectivity index (χ1) is 9.45. The Morgan fingerprint density at radius 2 is 2.05 bits per heavy atom. The van der Waals surface area contributed by atoms with E-state index in [-0.39, 0.29) is 11.6 Å². The molecule has 0 saturated heterocycles. The van der Waals surface area contributed by atoms with Crippen LogP contribution in [0.15, 0.2) is 18.5 Å². The molecule has 2 aromatic rings. The van der Waals surface area contributed by atoms with Crippen LogP contribution in [0, 0.1) is 0 Å². The van der Waals surface area contributed by atoms with Gasteiger partial charge in [0.25, 0.3) is 0 Å². The molecule has 0 aliphatic heterocycles. The molecule has 0 spiro atoms. The largest absolute Gasteiger partial charge is 0.433 e. The van der Waals surface area contributed by atoms with Crippen LogP contribution in [0.25, 0.3) is 11.5 Å². The van der Waals surface area contributed by atoms with Gasteiger partial charge >= 0.3 is 6.18 Å². The normalized spacial score (nSPS) is 11.7. The van der Waals surface area contributed by atoms with E-state index >= 15 is 0 Å². The second kappa shape index (κ2) is 5.48. The fourth-order valence-electron chi connectivity index (χ4n) is 1.78. The summed E-state index contributed by atoms with van der Waals surface area (Å²) >= 11 is 0. The van der Waals surface area contributed by atoms with Crippen molar-refractivity contribution in [3.05, 3.63) is 24.2 Å². The minimum atomic E-state index is -4.52. The predicted octanol–water partition coefficient (Wildman–Crippen LogP) is 2.81. The molecule has 0 radical (unpaired) electrons. The Balaban J connectivity index is 2.53. The van der Waals surface area contributed by atoms with Crippen LogP contribution in [-0.4, -0.2) is 26.6 Å². The van der Waals surface area contributed by atoms with Gasteiger partial charge in [0.05, 0.1) is 0 Å². The minimum Gasteiger partial charge on any atom is -0.357 e. The highest BCUT2D eigenvalue weighted by Gasteiger charge is 2.34. The maximum atomic E-state index is 12.8. The molecule has 20 heavy (non-hydrogen) atoms. The van der Waals surface area contributed by atoms with Gasteiger partial charge in [-0.3, -0.25) is 0 Å². The van der Waals surface area contributed by atoms with Crippen molar-refractivity contribution in [1.29, 1.82) is 0 Å². The van der Waals surface area contributed by atoms with Crippen LogP contribution in [0.3, 0.4) is 0 Å². The number of rotatable bonds is 4. The average Bonchev–Trinajstić information content (AvgIpc) is 2.86. The maximum absolute atomic E-state index is 12.8. The van der Waals surface area contributed by atoms with Crippen LogP contribution >= 0.6 is 0 Å². The predicted molar refractivity (Wildman–Crippen MR) is 68.1 cm³/mol. The lowest BCUT2D eigenvalue weighted by atomic mass is 10.3. The molecule has 108 valence electrons. The molecule has 2 rings (SSSR count). The third kappa shape index (κ3) is 2.89. The average molecular weight is 285 g/mol. The van der Waals surface area contributed by atoms with E-state index in [0.717, 1.165) is 12.5 Å². The summed E-state index contributed by atoms with van der Waals surface area (Å²) in [5, 5.41) is 2.53. The maximum Gasteiger partial charge on any atom is 0.433 e. The zero-order chi connectivity index (χ0) is 14.8. The number of aryl methyl sites for hydroxylation is 1. The zero-order valence-electron chi connectivity index (χ0n) is 11.1. The number of alkyl halides is 3. The fraction of sp³-hybridized carbons (Fsp3) is 0.417. The Labute approximate surface area is 113 Å². The van der Waals surface area contributed by atoms with Gasteiger partial charge in [0.2, 0.25) is 5.95 Å². The molecule has 2 heterocycles. The quantitative estimate of drug-likeness (QED) is 0.938. The number of nitrogens with one attached hydrogen (secondary N) is 1. The summed E-state index contributed by atoms with van der Waals surface area (Å²) in [5.74, 6) is 0.317. The smallest absolute Gasteiger partial charge is 0.357 e. The standard InChI is InChI=1S/C12H14F3N5/c1-3-5-20-6-4-17-10(20)8-7-9(12(13,14)15)19-11(16-2)18-8/h4,6-7H,3,5H2,1-2H3,(H,16,18,19). The van der Waals surface area contributed by atoms with Gasteiger partial charge in [-0.1, -0.05) is 6.92 Å². The number of aromatic nitrogens is 4. The first kappa shape index (κ1) is 14.3. The monoisotopic (exact) mass is 285 g/mol. The number of hydrogen-bond acceptors (Lipinski definition) is 4. The Kier molecular flexibility index (Phi) is 3.91. The summed E-state index contributed by atoms with van der Waals surface area (Å²) in [5.41, 5.74) is -0.840. The first-order valence-corrected chi connectivity index (χ1v) is 6.11. The van der Waals surface area contributed by atoms with Gasteiger partial charge in [0, 0.05) is 26.0 Å². The van der Waals surface area contributed by atoms with Crippen LogP contribution in [0.2, 0.25) is 0 Å². The summed E-state index contributed by atoms with van der Waals surface area (Å²) in [7, 11) is 1.47. The van der Waals surface area contributed by atoms with E-state index in [2.05, 4.69) is 20.3 Å². The van der Waals surface area contributed by atoms with Crippen LogP contribution in [0.1, 0.15) is 19.0 Å². The lowest BCUT2D eigenvalue weighted by molar-refractivity contribution is -0.141. The highest BCUT2D eigenvalue weighted by atomic mass is 19.4. The molecule has 0 saturated carbocycles. The van der Waals surface area contributed by atoms with Crippen LogP contribution < -0.4 is 5.32 Å². The molecule has 0 unspecified atom stereocenters. The number of nitrogens with zero attached hydrogens (tertiary/aromatic N) is 4. The molecule has 2 aromatic heterocycles. The van der Waals surface area contributed by atoms with E-state index in [9.17, 15) is 13.2 Å². The van der Waals surface area contributed by atoms with Crippen LogP contribution in [0.5, 0.6) is 0 Å². The van der Waals surface area contributed by atoms with Gasteiger partial charge in [0.1, 0.15) is 5.69 Å². The minimum absolute atomic E-state index is 0.0825. The number of imidazole rings is 1. The Bertz CT molecular complexity index is 591. The van der Waals surface area contributed by atoms with Gasteiger partial charge in [-0.15, -0.1) is 0 Å². The third-order valence-electron chi connectivity index (χ3n) is 2.65. The summed E-state index contributed by atoms with van der Waals surface area (Å²) in [4.78, 5) is 11.6. The van der Waals surface area contributed by atoms with Crippen LogP contribution in [0.4, 0.5) is 19.1 Å². The molecule has 1 N–H and O–H groups in total. The van der Waals surface area contributed by atoms with E-state index in [1.165, 1.54) is 7.05 Å². The van der Waals surface area contributed by atoms with Crippen molar-refractivity contribution in [1.82, 2.24) is 19.5 Å². The van der Waals surface area contributed by atoms with E-state index in [1.807, 2.05) is 6.92 Å². The van der Waals surface area contributed by atoms with Crippen molar-refractivity contribution in [2.24, 2.45) is 0 Å². The Hall–Kier alpha value is -2.12. The molecule has 0 amide bonds. The second-order valence-electron chi connectivity index (χ2n) is 4.15. The molecule has 0 aliphatic carbocycles. The Morgan fingerprint density at radius 1 is 1.30 bits per heavy atom. The van der Waals surface area contributed by atoms with Gasteiger partial charge in [0.15, 0.2) is 11.5 Å². The molecule has 0 aliphatic rings. The van der Waals surface area contributed by atoms with Crippen molar-refractivity contribution in [2.45, 2.75) is 26.1 Å². The number of anilines is 1. The summed E-state index contributed by atoms with van der Waals surface area (Å²) < 4.78 is 40.3. The highest BCUT2D eigenvalue weighted by molar-refractivity contribution is 5.53. The topological polar surface area (TPSA) is 55.6 Å². The van der Waals surface area contributed by atoms with Crippen molar-refractivity contribution in [3.8, 4) is 11.5 Å². The lowest BCUT2D eigenvalue weighted by Crippen LogP contribution is -2.12. The zero-order valence-corrected chi connectivity index (χ0v) is 11.1. The fourth-order valence-corrected chi connectivity index (χ4v) is 1.78. The molecule has 0 bridgehead atoms. The Morgan fingerprint density at radius 3 is 2.65 bits per heavy atom. The van der Waals surface area contributed by atoms with E-state index in [1.54, 1.807) is 17.0 Å². The van der Waals surface area contributed by atoms with E-state index < -0.39 is 11.9 Å².